The Kier molecular flexibility index (Phi) is 5.36. The Morgan fingerprint density at radius 3 is 2.61 bits per heavy atom. The van der Waals surface area contributed by atoms with Gasteiger partial charge in [0.2, 0.25) is 5.91 Å². The Labute approximate surface area is 224 Å². The van der Waals surface area contributed by atoms with Crippen molar-refractivity contribution >= 4 is 60.9 Å². The van der Waals surface area contributed by atoms with Crippen molar-refractivity contribution in [1.29, 1.82) is 0 Å². The number of hydrogen-bond acceptors (Lipinski definition) is 9. The normalized spacial score (nSPS) is 22.5. The molecule has 2 aromatic heterocycles. The Morgan fingerprint density at radius 2 is 1.92 bits per heavy atom. The second kappa shape index (κ2) is 8.58. The van der Waals surface area contributed by atoms with Crippen molar-refractivity contribution in [3.63, 3.8) is 0 Å². The number of carbonyl (C=O) groups is 1. The van der Waals surface area contributed by atoms with Crippen LogP contribution in [-0.2, 0) is 4.79 Å². The highest BCUT2D eigenvalue weighted by Crippen LogP contribution is 2.43. The number of nitrogens with two attached hydrogens (primary N) is 1. The number of piperazine rings is 1. The van der Waals surface area contributed by atoms with Gasteiger partial charge in [0.15, 0.2) is 10.9 Å². The van der Waals surface area contributed by atoms with Crippen molar-refractivity contribution in [1.82, 2.24) is 25.2 Å². The molecule has 13 heteroatoms. The van der Waals surface area contributed by atoms with Crippen LogP contribution in [0.5, 0.6) is 6.01 Å². The number of halogens is 3. The van der Waals surface area contributed by atoms with E-state index in [0.29, 0.717) is 29.9 Å². The predicted molar refractivity (Wildman–Crippen MR) is 142 cm³/mol. The third-order valence-electron chi connectivity index (χ3n) is 7.55. The van der Waals surface area contributed by atoms with Gasteiger partial charge in [-0.2, -0.15) is 9.97 Å². The molecule has 3 aliphatic heterocycles. The van der Waals surface area contributed by atoms with Crippen LogP contribution < -0.4 is 20.7 Å². The van der Waals surface area contributed by atoms with Crippen LogP contribution in [-0.4, -0.2) is 70.6 Å². The summed E-state index contributed by atoms with van der Waals surface area (Å²) >= 11 is 7.68. The van der Waals surface area contributed by atoms with Crippen LogP contribution in [0.4, 0.5) is 19.7 Å². The van der Waals surface area contributed by atoms with Gasteiger partial charge in [-0.3, -0.25) is 4.79 Å². The van der Waals surface area contributed by atoms with Crippen LogP contribution in [0.25, 0.3) is 32.2 Å². The summed E-state index contributed by atoms with van der Waals surface area (Å²) in [5.41, 5.74) is 6.46. The number of methoxy groups -OCH3 is 1. The molecule has 3 fully saturated rings. The molecule has 0 saturated carbocycles. The molecule has 5 heterocycles. The van der Waals surface area contributed by atoms with E-state index in [1.807, 2.05) is 4.90 Å². The summed E-state index contributed by atoms with van der Waals surface area (Å²) in [6, 6.07) is 4.33. The monoisotopic (exact) mass is 557 g/mol. The van der Waals surface area contributed by atoms with Gasteiger partial charge < -0.3 is 25.6 Å². The second-order valence-corrected chi connectivity index (χ2v) is 11.2. The van der Waals surface area contributed by atoms with Crippen molar-refractivity contribution in [2.75, 3.05) is 37.4 Å². The minimum Gasteiger partial charge on any atom is -0.467 e. The van der Waals surface area contributed by atoms with Crippen LogP contribution in [0.1, 0.15) is 12.8 Å². The Balaban J connectivity index is 1.35. The number of carbonyl (C=O) groups excluding carboxylic acids is 1. The molecule has 3 aliphatic rings. The molecule has 7 rings (SSSR count). The van der Waals surface area contributed by atoms with Gasteiger partial charge in [-0.15, -0.1) is 0 Å². The van der Waals surface area contributed by atoms with E-state index in [0.717, 1.165) is 30.7 Å². The molecule has 196 valence electrons. The molecule has 2 unspecified atom stereocenters. The highest BCUT2D eigenvalue weighted by atomic mass is 35.5. The molecular weight excluding hydrogens is 536 g/mol. The molecule has 2 bridgehead atoms. The smallest absolute Gasteiger partial charge is 0.318 e. The number of ether oxygens (including phenoxy) is 1. The number of fused-ring (bicyclic) bond motifs is 4. The van der Waals surface area contributed by atoms with E-state index in [1.165, 1.54) is 19.2 Å². The molecule has 38 heavy (non-hydrogen) atoms. The zero-order valence-corrected chi connectivity index (χ0v) is 21.7. The van der Waals surface area contributed by atoms with Crippen molar-refractivity contribution in [3.8, 4) is 17.1 Å². The van der Waals surface area contributed by atoms with Crippen LogP contribution in [0, 0.1) is 11.6 Å². The van der Waals surface area contributed by atoms with Gasteiger partial charge in [-0.1, -0.05) is 22.9 Å². The van der Waals surface area contributed by atoms with Gasteiger partial charge >= 0.3 is 6.01 Å². The summed E-state index contributed by atoms with van der Waals surface area (Å²) in [5.74, 6) is -0.541. The first-order valence-electron chi connectivity index (χ1n) is 12.2. The molecule has 4 aromatic rings. The highest BCUT2D eigenvalue weighted by molar-refractivity contribution is 7.22. The molecule has 0 radical (unpaired) electrons. The third kappa shape index (κ3) is 3.57. The average molecular weight is 558 g/mol. The summed E-state index contributed by atoms with van der Waals surface area (Å²) in [6.45, 7) is 1.84. The van der Waals surface area contributed by atoms with Crippen molar-refractivity contribution in [2.24, 2.45) is 0 Å². The number of rotatable bonds is 4. The maximum atomic E-state index is 16.3. The molecule has 0 spiro atoms. The van der Waals surface area contributed by atoms with E-state index >= 15 is 4.39 Å². The lowest BCUT2D eigenvalue weighted by Gasteiger charge is -2.42. The fourth-order valence-corrected chi connectivity index (χ4v) is 6.84. The number of nitrogens with one attached hydrogen (secondary N) is 1. The topological polar surface area (TPSA) is 119 Å². The zero-order valence-electron chi connectivity index (χ0n) is 20.2. The number of hydrogen-bond donors (Lipinski definition) is 2. The lowest BCUT2D eigenvalue weighted by atomic mass is 10.0. The zero-order chi connectivity index (χ0) is 26.3. The van der Waals surface area contributed by atoms with E-state index < -0.39 is 11.6 Å². The fraction of sp³-hybridized carbons (Fsp3) is 0.360. The van der Waals surface area contributed by atoms with E-state index in [1.54, 1.807) is 6.07 Å². The van der Waals surface area contributed by atoms with E-state index in [9.17, 15) is 9.18 Å². The third-order valence-corrected chi connectivity index (χ3v) is 8.74. The number of thiazole rings is 1. The second-order valence-electron chi connectivity index (χ2n) is 9.80. The Morgan fingerprint density at radius 1 is 1.18 bits per heavy atom. The van der Waals surface area contributed by atoms with Gasteiger partial charge in [-0.25, -0.2) is 13.8 Å². The maximum Gasteiger partial charge on any atom is 0.318 e. The van der Waals surface area contributed by atoms with Gasteiger partial charge in [0.25, 0.3) is 0 Å². The van der Waals surface area contributed by atoms with Crippen LogP contribution in [0.15, 0.2) is 18.2 Å². The Bertz CT molecular complexity index is 1630. The van der Waals surface area contributed by atoms with E-state index in [-0.39, 0.29) is 61.5 Å². The fourth-order valence-electron chi connectivity index (χ4n) is 5.78. The highest BCUT2D eigenvalue weighted by Gasteiger charge is 2.47. The number of anilines is 2. The average Bonchev–Trinajstić information content (AvgIpc) is 3.62. The largest absolute Gasteiger partial charge is 0.467 e. The summed E-state index contributed by atoms with van der Waals surface area (Å²) in [7, 11) is 1.42. The van der Waals surface area contributed by atoms with Gasteiger partial charge in [0.1, 0.15) is 17.2 Å². The quantitative estimate of drug-likeness (QED) is 0.365. The lowest BCUT2D eigenvalue weighted by Crippen LogP contribution is -2.57. The number of nitrogens with zero attached hydrogens (tertiary/aromatic N) is 5. The standard InChI is InChI=1S/C25H22ClF2N7O2S/c1-37-25-32-19-13(22(33-25)34-8-10-2-3-11(9-34)35(10)23(36)16-7-30-16)6-14(26)17(18(19)28)12-4-5-15(27)21-20(12)31-24(29)38-21/h4-6,10-11,16,30H,2-3,7-9H2,1H3,(H2,29,31)/t10?,11?,16-/m1/s1. The summed E-state index contributed by atoms with van der Waals surface area (Å²) in [5, 5.41) is 3.80. The molecule has 3 atom stereocenters. The number of benzene rings is 2. The summed E-state index contributed by atoms with van der Waals surface area (Å²) in [4.78, 5) is 30.1. The minimum absolute atomic E-state index is 0.00913. The summed E-state index contributed by atoms with van der Waals surface area (Å²) in [6.07, 6.45) is 1.80. The van der Waals surface area contributed by atoms with Gasteiger partial charge in [-0.05, 0) is 31.0 Å². The Hall–Kier alpha value is -3.35. The molecule has 3 N–H and O–H groups in total. The van der Waals surface area contributed by atoms with Crippen LogP contribution in [0.2, 0.25) is 5.02 Å². The van der Waals surface area contributed by atoms with Gasteiger partial charge in [0, 0.05) is 48.2 Å². The number of aromatic nitrogens is 3. The summed E-state index contributed by atoms with van der Waals surface area (Å²) < 4.78 is 36.3. The number of amides is 1. The van der Waals surface area contributed by atoms with Crippen molar-refractivity contribution < 1.29 is 18.3 Å². The van der Waals surface area contributed by atoms with Crippen molar-refractivity contribution in [2.45, 2.75) is 31.0 Å². The molecule has 9 nitrogen and oxygen atoms in total. The first-order valence-corrected chi connectivity index (χ1v) is 13.4. The van der Waals surface area contributed by atoms with Crippen LogP contribution in [0.3, 0.4) is 0 Å². The van der Waals surface area contributed by atoms with E-state index in [4.69, 9.17) is 22.1 Å². The maximum absolute atomic E-state index is 16.3. The van der Waals surface area contributed by atoms with Crippen LogP contribution >= 0.6 is 22.9 Å². The minimum atomic E-state index is -0.689. The number of nitrogen functional groups attached to an aromatic ring is 1. The van der Waals surface area contributed by atoms with Gasteiger partial charge in [0.05, 0.1) is 28.4 Å². The van der Waals surface area contributed by atoms with E-state index in [2.05, 4.69) is 25.2 Å². The first kappa shape index (κ1) is 23.7. The van der Waals surface area contributed by atoms with Crippen molar-refractivity contribution in [3.05, 3.63) is 34.9 Å². The molecule has 3 saturated heterocycles. The lowest BCUT2D eigenvalue weighted by molar-refractivity contribution is -0.133. The molecule has 0 aliphatic carbocycles. The first-order chi connectivity index (χ1) is 18.3. The predicted octanol–water partition coefficient (Wildman–Crippen LogP) is 3.58. The molecular formula is C25H22ClF2N7O2S. The molecule has 1 amide bonds. The SMILES string of the molecule is COc1nc(N2CC3CCC(C2)N3C(=O)[C@H]2CN2)c2cc(Cl)c(-c3ccc(F)c4sc(N)nc34)c(F)c2n1. The molecule has 2 aromatic carbocycles.